The van der Waals surface area contributed by atoms with Gasteiger partial charge in [-0.15, -0.1) is 35.3 Å². The van der Waals surface area contributed by atoms with E-state index >= 15 is 0 Å². The lowest BCUT2D eigenvalue weighted by atomic mass is 10.1. The number of thioether (sulfide) groups is 1. The molecule has 0 bridgehead atoms. The number of guanidine groups is 1. The van der Waals surface area contributed by atoms with Crippen LogP contribution in [-0.4, -0.2) is 79.2 Å². The van der Waals surface area contributed by atoms with Crippen molar-refractivity contribution >= 4 is 53.0 Å². The van der Waals surface area contributed by atoms with Crippen molar-refractivity contribution in [1.29, 1.82) is 0 Å². The molecule has 154 valence electrons. The number of halogens is 1. The largest absolute Gasteiger partial charge is 0.379 e. The van der Waals surface area contributed by atoms with E-state index in [2.05, 4.69) is 64.8 Å². The molecule has 0 aliphatic carbocycles. The molecule has 3 heterocycles. The van der Waals surface area contributed by atoms with Crippen molar-refractivity contribution in [2.75, 3.05) is 58.7 Å². The summed E-state index contributed by atoms with van der Waals surface area (Å²) in [6.45, 7) is 13.5. The third-order valence-corrected chi connectivity index (χ3v) is 7.37. The quantitative estimate of drug-likeness (QED) is 0.371. The van der Waals surface area contributed by atoms with Gasteiger partial charge in [0.2, 0.25) is 0 Å². The number of nitrogens with zero attached hydrogens (tertiary/aromatic N) is 3. The predicted molar refractivity (Wildman–Crippen MR) is 129 cm³/mol. The highest BCUT2D eigenvalue weighted by atomic mass is 127. The number of aryl methyl sites for hydroxylation is 1. The lowest BCUT2D eigenvalue weighted by Crippen LogP contribution is -2.52. The van der Waals surface area contributed by atoms with Gasteiger partial charge in [0, 0.05) is 60.0 Å². The summed E-state index contributed by atoms with van der Waals surface area (Å²) in [6.07, 6.45) is 0. The zero-order valence-corrected chi connectivity index (χ0v) is 20.8. The van der Waals surface area contributed by atoms with E-state index in [1.807, 2.05) is 18.4 Å². The van der Waals surface area contributed by atoms with E-state index < -0.39 is 0 Å². The van der Waals surface area contributed by atoms with E-state index in [4.69, 9.17) is 4.74 Å². The summed E-state index contributed by atoms with van der Waals surface area (Å²) in [7, 11) is 1.90. The molecule has 1 N–H and O–H groups in total. The van der Waals surface area contributed by atoms with Gasteiger partial charge in [-0.25, -0.2) is 0 Å². The minimum Gasteiger partial charge on any atom is -0.379 e. The number of ether oxygens (including phenoxy) is 1. The third kappa shape index (κ3) is 6.48. The van der Waals surface area contributed by atoms with Crippen LogP contribution in [0, 0.1) is 6.92 Å². The van der Waals surface area contributed by atoms with Crippen LogP contribution in [-0.2, 0) is 4.74 Å². The Hall–Kier alpha value is -0.0300. The predicted octanol–water partition coefficient (Wildman–Crippen LogP) is 3.45. The van der Waals surface area contributed by atoms with Gasteiger partial charge < -0.3 is 15.0 Å². The summed E-state index contributed by atoms with van der Waals surface area (Å²) in [5.74, 6) is 2.19. The van der Waals surface area contributed by atoms with Gasteiger partial charge in [0.25, 0.3) is 0 Å². The summed E-state index contributed by atoms with van der Waals surface area (Å²) in [6, 6.07) is 4.89. The molecule has 5 nitrogen and oxygen atoms in total. The molecule has 0 amide bonds. The second-order valence-electron chi connectivity index (χ2n) is 7.57. The number of hydrogen-bond donors (Lipinski definition) is 1. The van der Waals surface area contributed by atoms with Crippen molar-refractivity contribution in [2.45, 2.75) is 31.6 Å². The fourth-order valence-corrected chi connectivity index (χ4v) is 5.77. The molecular weight excluding hydrogens is 491 g/mol. The van der Waals surface area contributed by atoms with Crippen molar-refractivity contribution in [1.82, 2.24) is 15.1 Å². The first-order valence-corrected chi connectivity index (χ1v) is 11.3. The van der Waals surface area contributed by atoms with Gasteiger partial charge in [0.05, 0.1) is 19.3 Å². The van der Waals surface area contributed by atoms with Crippen molar-refractivity contribution in [2.24, 2.45) is 4.99 Å². The second-order valence-corrected chi connectivity index (χ2v) is 10.7. The lowest BCUT2D eigenvalue weighted by molar-refractivity contribution is 0.0176. The zero-order chi connectivity index (χ0) is 18.6. The number of nitrogens with one attached hydrogen (secondary N) is 1. The molecule has 3 rings (SSSR count). The Bertz CT molecular complexity index is 617. The topological polar surface area (TPSA) is 40.1 Å². The summed E-state index contributed by atoms with van der Waals surface area (Å²) in [4.78, 5) is 12.3. The van der Waals surface area contributed by atoms with Gasteiger partial charge >= 0.3 is 0 Å². The van der Waals surface area contributed by atoms with Gasteiger partial charge in [-0.2, -0.15) is 11.8 Å². The molecule has 2 fully saturated rings. The first-order chi connectivity index (χ1) is 12.5. The maximum atomic E-state index is 5.56. The summed E-state index contributed by atoms with van der Waals surface area (Å²) in [5.41, 5.74) is 0. The third-order valence-electron chi connectivity index (χ3n) is 4.97. The highest BCUT2D eigenvalue weighted by Gasteiger charge is 2.30. The molecule has 1 aromatic heterocycles. The minimum absolute atomic E-state index is 0. The molecule has 0 aromatic carbocycles. The van der Waals surface area contributed by atoms with E-state index in [-0.39, 0.29) is 28.7 Å². The van der Waals surface area contributed by atoms with Gasteiger partial charge in [0.1, 0.15) is 0 Å². The first-order valence-electron chi connectivity index (χ1n) is 9.46. The second kappa shape index (κ2) is 10.7. The number of hydrogen-bond acceptors (Lipinski definition) is 5. The summed E-state index contributed by atoms with van der Waals surface area (Å²) < 4.78 is 5.84. The van der Waals surface area contributed by atoms with Gasteiger partial charge in [0.15, 0.2) is 5.96 Å². The molecule has 2 saturated heterocycles. The summed E-state index contributed by atoms with van der Waals surface area (Å²) in [5, 5.41) is 3.67. The molecule has 1 atom stereocenters. The lowest BCUT2D eigenvalue weighted by Gasteiger charge is -2.40. The standard InChI is InChI=1S/C19H32N4OS2.HI/c1-15-5-6-17(26-15)16(22-7-10-24-11-8-22)13-21-18(20-4)23-9-12-25-19(2,3)14-23;/h5-6,16H,7-14H2,1-4H3,(H,20,21);1H. The van der Waals surface area contributed by atoms with Crippen LogP contribution in [0.3, 0.4) is 0 Å². The normalized spacial score (nSPS) is 22.2. The number of rotatable bonds is 4. The Kier molecular flexibility index (Phi) is 9.18. The number of thiophene rings is 1. The number of aliphatic imine (C=N–C) groups is 1. The van der Waals surface area contributed by atoms with Crippen LogP contribution >= 0.6 is 47.1 Å². The van der Waals surface area contributed by atoms with Crippen LogP contribution in [0.4, 0.5) is 0 Å². The number of morpholine rings is 1. The maximum absolute atomic E-state index is 5.56. The fraction of sp³-hybridized carbons (Fsp3) is 0.737. The Balaban J connectivity index is 0.00000261. The Labute approximate surface area is 189 Å². The molecule has 27 heavy (non-hydrogen) atoms. The SMILES string of the molecule is CN=C(NCC(c1ccc(C)s1)N1CCOCC1)N1CCSC(C)(C)C1.I. The van der Waals surface area contributed by atoms with Crippen LogP contribution in [0.25, 0.3) is 0 Å². The van der Waals surface area contributed by atoms with Crippen LogP contribution in [0.5, 0.6) is 0 Å². The molecule has 0 spiro atoms. The van der Waals surface area contributed by atoms with E-state index in [0.29, 0.717) is 6.04 Å². The minimum atomic E-state index is 0. The van der Waals surface area contributed by atoms with Gasteiger partial charge in [-0.05, 0) is 32.9 Å². The monoisotopic (exact) mass is 524 g/mol. The van der Waals surface area contributed by atoms with E-state index in [0.717, 1.165) is 57.6 Å². The average Bonchev–Trinajstić information content (AvgIpc) is 3.05. The molecule has 0 saturated carbocycles. The Morgan fingerprint density at radius 1 is 1.30 bits per heavy atom. The molecule has 2 aliphatic rings. The Morgan fingerprint density at radius 3 is 2.63 bits per heavy atom. The molecule has 2 aliphatic heterocycles. The van der Waals surface area contributed by atoms with Crippen LogP contribution in [0.15, 0.2) is 17.1 Å². The van der Waals surface area contributed by atoms with Crippen LogP contribution < -0.4 is 5.32 Å². The van der Waals surface area contributed by atoms with Crippen LogP contribution in [0.2, 0.25) is 0 Å². The van der Waals surface area contributed by atoms with Crippen molar-refractivity contribution in [3.05, 3.63) is 21.9 Å². The molecular formula is C19H33IN4OS2. The fourth-order valence-electron chi connectivity index (χ4n) is 3.65. The van der Waals surface area contributed by atoms with Gasteiger partial charge in [-0.1, -0.05) is 0 Å². The average molecular weight is 525 g/mol. The summed E-state index contributed by atoms with van der Waals surface area (Å²) >= 11 is 3.96. The molecule has 1 unspecified atom stereocenters. The van der Waals surface area contributed by atoms with Crippen molar-refractivity contribution in [3.8, 4) is 0 Å². The smallest absolute Gasteiger partial charge is 0.193 e. The van der Waals surface area contributed by atoms with E-state index in [1.165, 1.54) is 9.75 Å². The van der Waals surface area contributed by atoms with Crippen molar-refractivity contribution < 1.29 is 4.74 Å². The Morgan fingerprint density at radius 2 is 2.04 bits per heavy atom. The molecule has 0 radical (unpaired) electrons. The molecule has 1 aromatic rings. The van der Waals surface area contributed by atoms with Crippen LogP contribution in [0.1, 0.15) is 29.6 Å². The van der Waals surface area contributed by atoms with Gasteiger partial charge in [-0.3, -0.25) is 9.89 Å². The van der Waals surface area contributed by atoms with E-state index in [9.17, 15) is 0 Å². The first kappa shape index (κ1) is 23.3. The maximum Gasteiger partial charge on any atom is 0.193 e. The highest BCUT2D eigenvalue weighted by molar-refractivity contribution is 14.0. The van der Waals surface area contributed by atoms with Crippen molar-refractivity contribution in [3.63, 3.8) is 0 Å². The highest BCUT2D eigenvalue weighted by Crippen LogP contribution is 2.30. The zero-order valence-electron chi connectivity index (χ0n) is 16.9. The molecule has 8 heteroatoms. The van der Waals surface area contributed by atoms with E-state index in [1.54, 1.807) is 0 Å².